The van der Waals surface area contributed by atoms with Gasteiger partial charge >= 0.3 is 5.97 Å². The first kappa shape index (κ1) is 7.77. The van der Waals surface area contributed by atoms with Gasteiger partial charge in [0.25, 0.3) is 0 Å². The average Bonchev–Trinajstić information content (AvgIpc) is 2.61. The van der Waals surface area contributed by atoms with Crippen molar-refractivity contribution in [3.05, 3.63) is 0 Å². The molecule has 0 spiro atoms. The molecule has 2 aliphatic rings. The molecule has 0 aromatic carbocycles. The molecule has 2 fully saturated rings. The van der Waals surface area contributed by atoms with Crippen LogP contribution in [0.5, 0.6) is 0 Å². The third-order valence-electron chi connectivity index (χ3n) is 3.47. The van der Waals surface area contributed by atoms with Crippen LogP contribution in [0.4, 0.5) is 0 Å². The number of hydrogen-bond donors (Lipinski definition) is 0. The van der Waals surface area contributed by atoms with Crippen LogP contribution in [0.25, 0.3) is 0 Å². The lowest BCUT2D eigenvalue weighted by molar-refractivity contribution is -0.151. The Kier molecular flexibility index (Phi) is 1.23. The van der Waals surface area contributed by atoms with Crippen LogP contribution in [-0.4, -0.2) is 18.9 Å². The van der Waals surface area contributed by atoms with Crippen LogP contribution in [0, 0.1) is 10.8 Å². The molecule has 66 valence electrons. The van der Waals surface area contributed by atoms with E-state index in [9.17, 15) is 9.59 Å². The Morgan fingerprint density at radius 3 is 2.58 bits per heavy atom. The lowest BCUT2D eigenvalue weighted by atomic mass is 9.98. The molecule has 2 saturated carbocycles. The number of ether oxygens (including phenoxy) is 1. The Labute approximate surface area is 71.1 Å². The predicted octanol–water partition coefficient (Wildman–Crippen LogP) is 0.919. The van der Waals surface area contributed by atoms with Gasteiger partial charge in [-0.15, -0.1) is 0 Å². The van der Waals surface area contributed by atoms with Gasteiger partial charge in [-0.3, -0.25) is 9.59 Å². The van der Waals surface area contributed by atoms with Crippen LogP contribution in [0.3, 0.4) is 0 Å². The molecule has 0 heterocycles. The summed E-state index contributed by atoms with van der Waals surface area (Å²) in [6, 6.07) is 0. The number of hydrogen-bond acceptors (Lipinski definition) is 3. The van der Waals surface area contributed by atoms with Crippen LogP contribution in [0.2, 0.25) is 0 Å². The summed E-state index contributed by atoms with van der Waals surface area (Å²) in [5.74, 6) is -0.246. The Bertz CT molecular complexity index is 271. The van der Waals surface area contributed by atoms with Gasteiger partial charge in [-0.1, -0.05) is 6.92 Å². The topological polar surface area (TPSA) is 43.4 Å². The summed E-state index contributed by atoms with van der Waals surface area (Å²) in [6.07, 6.45) is 2.10. The third-order valence-corrected chi connectivity index (χ3v) is 3.47. The maximum Gasteiger partial charge on any atom is 0.319 e. The van der Waals surface area contributed by atoms with Gasteiger partial charge in [0, 0.05) is 6.42 Å². The molecule has 0 aromatic rings. The molecule has 3 heteroatoms. The first-order valence-corrected chi connectivity index (χ1v) is 4.18. The highest BCUT2D eigenvalue weighted by molar-refractivity contribution is 6.10. The summed E-state index contributed by atoms with van der Waals surface area (Å²) in [5, 5.41) is 0. The van der Waals surface area contributed by atoms with Gasteiger partial charge in [0.1, 0.15) is 5.41 Å². The second-order valence-electron chi connectivity index (χ2n) is 4.06. The third kappa shape index (κ3) is 0.586. The molecular formula is C9H12O3. The van der Waals surface area contributed by atoms with Gasteiger partial charge in [0.2, 0.25) is 0 Å². The zero-order chi connectivity index (χ0) is 8.98. The smallest absolute Gasteiger partial charge is 0.319 e. The SMILES string of the molecule is COC(=O)[C@]12C[C@@]1(C)CCC2=O. The van der Waals surface area contributed by atoms with Gasteiger partial charge in [-0.25, -0.2) is 0 Å². The van der Waals surface area contributed by atoms with Crippen molar-refractivity contribution in [2.24, 2.45) is 10.8 Å². The van der Waals surface area contributed by atoms with Gasteiger partial charge in [-0.2, -0.15) is 0 Å². The van der Waals surface area contributed by atoms with Crippen molar-refractivity contribution < 1.29 is 14.3 Å². The van der Waals surface area contributed by atoms with Crippen molar-refractivity contribution in [1.82, 2.24) is 0 Å². The van der Waals surface area contributed by atoms with E-state index in [0.717, 1.165) is 6.42 Å². The normalized spacial score (nSPS) is 44.0. The van der Waals surface area contributed by atoms with Crippen molar-refractivity contribution in [3.8, 4) is 0 Å². The molecule has 0 N–H and O–H groups in total. The van der Waals surface area contributed by atoms with Gasteiger partial charge in [-0.05, 0) is 18.3 Å². The molecule has 0 aromatic heterocycles. The van der Waals surface area contributed by atoms with E-state index in [1.807, 2.05) is 6.92 Å². The van der Waals surface area contributed by atoms with Crippen molar-refractivity contribution in [3.63, 3.8) is 0 Å². The van der Waals surface area contributed by atoms with Gasteiger partial charge in [0.15, 0.2) is 5.78 Å². The average molecular weight is 168 g/mol. The molecule has 0 radical (unpaired) electrons. The molecule has 0 amide bonds. The van der Waals surface area contributed by atoms with E-state index in [1.165, 1.54) is 7.11 Å². The number of methoxy groups -OCH3 is 1. The summed E-state index contributed by atoms with van der Waals surface area (Å²) in [4.78, 5) is 22.8. The van der Waals surface area contributed by atoms with E-state index in [-0.39, 0.29) is 17.2 Å². The van der Waals surface area contributed by atoms with Crippen molar-refractivity contribution in [2.75, 3.05) is 7.11 Å². The van der Waals surface area contributed by atoms with E-state index in [2.05, 4.69) is 4.74 Å². The number of esters is 1. The van der Waals surface area contributed by atoms with Crippen LogP contribution in [0.1, 0.15) is 26.2 Å². The van der Waals surface area contributed by atoms with Crippen molar-refractivity contribution in [2.45, 2.75) is 26.2 Å². The number of Topliss-reactive ketones (excluding diaryl/α,β-unsaturated/α-hetero) is 1. The van der Waals surface area contributed by atoms with Crippen molar-refractivity contribution in [1.29, 1.82) is 0 Å². The highest BCUT2D eigenvalue weighted by atomic mass is 16.5. The molecular weight excluding hydrogens is 156 g/mol. The Morgan fingerprint density at radius 1 is 1.58 bits per heavy atom. The van der Waals surface area contributed by atoms with Gasteiger partial charge in [0.05, 0.1) is 7.11 Å². The molecule has 0 aliphatic heterocycles. The number of carbonyl (C=O) groups is 2. The van der Waals surface area contributed by atoms with E-state index in [4.69, 9.17) is 0 Å². The van der Waals surface area contributed by atoms with Crippen LogP contribution >= 0.6 is 0 Å². The number of fused-ring (bicyclic) bond motifs is 1. The predicted molar refractivity (Wildman–Crippen MR) is 41.4 cm³/mol. The zero-order valence-electron chi connectivity index (χ0n) is 7.35. The first-order chi connectivity index (χ1) is 5.57. The summed E-state index contributed by atoms with van der Waals surface area (Å²) >= 11 is 0. The quantitative estimate of drug-likeness (QED) is 0.432. The molecule has 3 nitrogen and oxygen atoms in total. The molecule has 2 atom stereocenters. The molecule has 12 heavy (non-hydrogen) atoms. The van der Waals surface area contributed by atoms with Gasteiger partial charge < -0.3 is 4.74 Å². The van der Waals surface area contributed by atoms with Crippen LogP contribution in [0.15, 0.2) is 0 Å². The lowest BCUT2D eigenvalue weighted by Crippen LogP contribution is -2.26. The van der Waals surface area contributed by atoms with Crippen molar-refractivity contribution >= 4 is 11.8 Å². The lowest BCUT2D eigenvalue weighted by Gasteiger charge is -2.09. The van der Waals surface area contributed by atoms with E-state index < -0.39 is 5.41 Å². The Morgan fingerprint density at radius 2 is 2.25 bits per heavy atom. The fraction of sp³-hybridized carbons (Fsp3) is 0.778. The minimum atomic E-state index is -0.734. The standard InChI is InChI=1S/C9H12O3/c1-8-4-3-6(10)9(8,5-8)7(11)12-2/h3-5H2,1-2H3/t8-,9-/m1/s1. The second kappa shape index (κ2) is 1.90. The van der Waals surface area contributed by atoms with Crippen LogP contribution in [-0.2, 0) is 14.3 Å². The fourth-order valence-electron chi connectivity index (χ4n) is 2.49. The Balaban J connectivity index is 2.34. The largest absolute Gasteiger partial charge is 0.468 e. The molecule has 2 rings (SSSR count). The first-order valence-electron chi connectivity index (χ1n) is 4.18. The molecule has 0 unspecified atom stereocenters. The maximum atomic E-state index is 11.4. The molecule has 0 saturated heterocycles. The minimum Gasteiger partial charge on any atom is -0.468 e. The summed E-state index contributed by atoms with van der Waals surface area (Å²) in [7, 11) is 1.35. The monoisotopic (exact) mass is 168 g/mol. The zero-order valence-corrected chi connectivity index (χ0v) is 7.35. The number of carbonyl (C=O) groups excluding carboxylic acids is 2. The summed E-state index contributed by atoms with van der Waals surface area (Å²) in [5.41, 5.74) is -0.807. The second-order valence-corrected chi connectivity index (χ2v) is 4.06. The molecule has 2 aliphatic carbocycles. The van der Waals surface area contributed by atoms with E-state index >= 15 is 0 Å². The number of rotatable bonds is 1. The Hall–Kier alpha value is -0.860. The van der Waals surface area contributed by atoms with E-state index in [0.29, 0.717) is 12.8 Å². The highest BCUT2D eigenvalue weighted by Crippen LogP contribution is 2.71. The highest BCUT2D eigenvalue weighted by Gasteiger charge is 2.77. The summed E-state index contributed by atoms with van der Waals surface area (Å²) < 4.78 is 4.65. The van der Waals surface area contributed by atoms with Crippen LogP contribution < -0.4 is 0 Å². The minimum absolute atomic E-state index is 0.0722. The fourth-order valence-corrected chi connectivity index (χ4v) is 2.49. The summed E-state index contributed by atoms with van der Waals surface area (Å²) in [6.45, 7) is 1.99. The number of ketones is 1. The maximum absolute atomic E-state index is 11.4. The van der Waals surface area contributed by atoms with E-state index in [1.54, 1.807) is 0 Å². The molecule has 0 bridgehead atoms.